The highest BCUT2D eigenvalue weighted by molar-refractivity contribution is 6.36. The van der Waals surface area contributed by atoms with E-state index in [1.165, 1.54) is 0 Å². The zero-order valence-corrected chi connectivity index (χ0v) is 13.1. The molecule has 1 unspecified atom stereocenters. The van der Waals surface area contributed by atoms with Crippen LogP contribution in [0.3, 0.4) is 0 Å². The number of aromatic nitrogens is 2. The molecule has 1 heterocycles. The minimum absolute atomic E-state index is 0.476. The van der Waals surface area contributed by atoms with Gasteiger partial charge in [-0.3, -0.25) is 4.68 Å². The van der Waals surface area contributed by atoms with Gasteiger partial charge in [0.15, 0.2) is 0 Å². The highest BCUT2D eigenvalue weighted by Crippen LogP contribution is 2.35. The Morgan fingerprint density at radius 1 is 1.25 bits per heavy atom. The first-order chi connectivity index (χ1) is 9.56. The van der Waals surface area contributed by atoms with E-state index in [9.17, 15) is 0 Å². The lowest BCUT2D eigenvalue weighted by atomic mass is 10.0. The Balaban J connectivity index is 2.43. The van der Waals surface area contributed by atoms with Crippen LogP contribution in [0.4, 0.5) is 0 Å². The van der Waals surface area contributed by atoms with E-state index in [1.54, 1.807) is 36.2 Å². The molecule has 0 spiro atoms. The van der Waals surface area contributed by atoms with E-state index in [0.717, 1.165) is 0 Å². The Kier molecular flexibility index (Phi) is 5.29. The van der Waals surface area contributed by atoms with Gasteiger partial charge in [-0.15, -0.1) is 0 Å². The number of hydrogen-bond donors (Lipinski definition) is 1. The quantitative estimate of drug-likeness (QED) is 0.910. The monoisotopic (exact) mass is 333 g/mol. The molecule has 1 atom stereocenters. The van der Waals surface area contributed by atoms with Crippen LogP contribution in [-0.2, 0) is 11.3 Å². The average Bonchev–Trinajstić information content (AvgIpc) is 2.77. The molecule has 108 valence electrons. The topological polar surface area (TPSA) is 53.1 Å². The van der Waals surface area contributed by atoms with Crippen molar-refractivity contribution in [1.82, 2.24) is 9.78 Å². The summed E-state index contributed by atoms with van der Waals surface area (Å²) in [5, 5.41) is 5.68. The molecule has 0 aliphatic heterocycles. The van der Waals surface area contributed by atoms with Crippen LogP contribution in [-0.4, -0.2) is 23.5 Å². The summed E-state index contributed by atoms with van der Waals surface area (Å²) in [4.78, 5) is 0. The van der Waals surface area contributed by atoms with Gasteiger partial charge in [-0.1, -0.05) is 40.9 Å². The molecule has 0 saturated carbocycles. The second-order valence-electron chi connectivity index (χ2n) is 4.21. The van der Waals surface area contributed by atoms with Crippen molar-refractivity contribution in [2.24, 2.45) is 5.73 Å². The third kappa shape index (κ3) is 3.10. The van der Waals surface area contributed by atoms with E-state index >= 15 is 0 Å². The summed E-state index contributed by atoms with van der Waals surface area (Å²) in [5.41, 5.74) is 7.58. The highest BCUT2D eigenvalue weighted by atomic mass is 35.5. The van der Waals surface area contributed by atoms with Crippen LogP contribution in [0.2, 0.25) is 15.1 Å². The number of hydrogen-bond acceptors (Lipinski definition) is 3. The minimum Gasteiger partial charge on any atom is -0.383 e. The summed E-state index contributed by atoms with van der Waals surface area (Å²) in [6.45, 7) is 1.06. The lowest BCUT2D eigenvalue weighted by Gasteiger charge is -2.17. The van der Waals surface area contributed by atoms with Crippen LogP contribution in [0.1, 0.15) is 17.3 Å². The zero-order valence-electron chi connectivity index (χ0n) is 10.8. The average molecular weight is 335 g/mol. The fourth-order valence-corrected chi connectivity index (χ4v) is 2.87. The molecule has 0 aliphatic rings. The lowest BCUT2D eigenvalue weighted by molar-refractivity contribution is 0.182. The molecule has 1 aromatic carbocycles. The van der Waals surface area contributed by atoms with Crippen molar-refractivity contribution in [2.45, 2.75) is 12.6 Å². The van der Waals surface area contributed by atoms with Gasteiger partial charge < -0.3 is 10.5 Å². The maximum atomic E-state index is 6.28. The number of nitrogens with two attached hydrogens (primary N) is 1. The number of ether oxygens (including phenoxy) is 1. The maximum absolute atomic E-state index is 6.28. The highest BCUT2D eigenvalue weighted by Gasteiger charge is 2.22. The van der Waals surface area contributed by atoms with Gasteiger partial charge >= 0.3 is 0 Å². The molecular weight excluding hydrogens is 321 g/mol. The van der Waals surface area contributed by atoms with E-state index in [4.69, 9.17) is 45.3 Å². The van der Waals surface area contributed by atoms with Crippen molar-refractivity contribution >= 4 is 34.8 Å². The van der Waals surface area contributed by atoms with Crippen LogP contribution in [0.25, 0.3) is 0 Å². The fourth-order valence-electron chi connectivity index (χ4n) is 1.98. The zero-order chi connectivity index (χ0) is 14.7. The van der Waals surface area contributed by atoms with Gasteiger partial charge in [0.25, 0.3) is 0 Å². The van der Waals surface area contributed by atoms with Gasteiger partial charge in [-0.05, 0) is 12.1 Å². The van der Waals surface area contributed by atoms with E-state index < -0.39 is 6.04 Å². The molecule has 0 amide bonds. The predicted octanol–water partition coefficient (Wildman–Crippen LogP) is 3.54. The molecule has 0 saturated heterocycles. The number of methoxy groups -OCH3 is 1. The third-order valence-corrected chi connectivity index (χ3v) is 3.90. The van der Waals surface area contributed by atoms with Crippen molar-refractivity contribution in [1.29, 1.82) is 0 Å². The Morgan fingerprint density at radius 3 is 2.50 bits per heavy atom. The molecule has 0 radical (unpaired) electrons. The van der Waals surface area contributed by atoms with Crippen molar-refractivity contribution in [3.63, 3.8) is 0 Å². The number of halogens is 3. The van der Waals surface area contributed by atoms with Crippen LogP contribution in [0.15, 0.2) is 24.4 Å². The minimum atomic E-state index is -0.553. The second-order valence-corrected chi connectivity index (χ2v) is 5.43. The first-order valence-corrected chi connectivity index (χ1v) is 7.09. The largest absolute Gasteiger partial charge is 0.383 e. The number of benzene rings is 1. The molecule has 2 rings (SSSR count). The van der Waals surface area contributed by atoms with Gasteiger partial charge in [0, 0.05) is 22.7 Å². The predicted molar refractivity (Wildman–Crippen MR) is 81.6 cm³/mol. The van der Waals surface area contributed by atoms with Crippen LogP contribution in [0, 0.1) is 0 Å². The van der Waals surface area contributed by atoms with E-state index in [1.807, 2.05) is 0 Å². The van der Waals surface area contributed by atoms with E-state index in [-0.39, 0.29) is 0 Å². The molecule has 4 nitrogen and oxygen atoms in total. The summed E-state index contributed by atoms with van der Waals surface area (Å²) in [6, 6.07) is 4.70. The molecular formula is C13H14Cl3N3O. The molecule has 7 heteroatoms. The molecule has 1 aromatic heterocycles. The second kappa shape index (κ2) is 6.78. The molecule has 0 fully saturated rings. The SMILES string of the molecule is COCCn1ncc(Cl)c1C(N)c1c(Cl)cccc1Cl. The molecule has 2 aromatic rings. The normalized spacial score (nSPS) is 12.7. The maximum Gasteiger partial charge on any atom is 0.0837 e. The Hall–Kier alpha value is -0.780. The standard InChI is InChI=1S/C13H14Cl3N3O/c1-20-6-5-19-13(10(16)7-18-19)12(17)11-8(14)3-2-4-9(11)15/h2-4,7,12H,5-6,17H2,1H3. The van der Waals surface area contributed by atoms with Crippen molar-refractivity contribution in [2.75, 3.05) is 13.7 Å². The van der Waals surface area contributed by atoms with E-state index in [0.29, 0.717) is 39.5 Å². The summed E-state index contributed by atoms with van der Waals surface area (Å²) in [5.74, 6) is 0. The van der Waals surface area contributed by atoms with Crippen molar-refractivity contribution in [3.8, 4) is 0 Å². The van der Waals surface area contributed by atoms with Gasteiger partial charge in [-0.25, -0.2) is 0 Å². The van der Waals surface area contributed by atoms with Crippen molar-refractivity contribution < 1.29 is 4.74 Å². The van der Waals surface area contributed by atoms with Crippen LogP contribution < -0.4 is 5.73 Å². The summed E-state index contributed by atoms with van der Waals surface area (Å²) < 4.78 is 6.75. The van der Waals surface area contributed by atoms with Crippen molar-refractivity contribution in [3.05, 3.63) is 50.7 Å². The van der Waals surface area contributed by atoms with Crippen LogP contribution in [0.5, 0.6) is 0 Å². The molecule has 0 aliphatic carbocycles. The first-order valence-electron chi connectivity index (χ1n) is 5.96. The van der Waals surface area contributed by atoms with Crippen LogP contribution >= 0.6 is 34.8 Å². The van der Waals surface area contributed by atoms with Gasteiger partial charge in [0.2, 0.25) is 0 Å². The van der Waals surface area contributed by atoms with Gasteiger partial charge in [0.1, 0.15) is 0 Å². The summed E-state index contributed by atoms with van der Waals surface area (Å²) >= 11 is 18.6. The Bertz CT molecular complexity index is 580. The summed E-state index contributed by atoms with van der Waals surface area (Å²) in [6.07, 6.45) is 1.55. The first kappa shape index (κ1) is 15.6. The van der Waals surface area contributed by atoms with E-state index in [2.05, 4.69) is 5.10 Å². The number of nitrogens with zero attached hydrogens (tertiary/aromatic N) is 2. The molecule has 2 N–H and O–H groups in total. The summed E-state index contributed by atoms with van der Waals surface area (Å²) in [7, 11) is 1.62. The molecule has 20 heavy (non-hydrogen) atoms. The Labute approximate surface area is 132 Å². The third-order valence-electron chi connectivity index (χ3n) is 2.95. The Morgan fingerprint density at radius 2 is 1.90 bits per heavy atom. The fraction of sp³-hybridized carbons (Fsp3) is 0.308. The molecule has 0 bridgehead atoms. The number of rotatable bonds is 5. The smallest absolute Gasteiger partial charge is 0.0837 e. The van der Waals surface area contributed by atoms with Gasteiger partial charge in [-0.2, -0.15) is 5.10 Å². The van der Waals surface area contributed by atoms with Gasteiger partial charge in [0.05, 0.1) is 36.1 Å². The lowest BCUT2D eigenvalue weighted by Crippen LogP contribution is -2.20.